The van der Waals surface area contributed by atoms with Gasteiger partial charge < -0.3 is 9.64 Å². The van der Waals surface area contributed by atoms with Crippen LogP contribution in [0.5, 0.6) is 5.75 Å². The summed E-state index contributed by atoms with van der Waals surface area (Å²) in [6.45, 7) is 2.92. The number of hydrogen-bond donors (Lipinski definition) is 0. The number of benzene rings is 2. The van der Waals surface area contributed by atoms with Crippen LogP contribution in [0, 0.1) is 0 Å². The fourth-order valence-electron chi connectivity index (χ4n) is 2.71. The van der Waals surface area contributed by atoms with E-state index in [1.54, 1.807) is 9.80 Å². The molecule has 1 saturated heterocycles. The van der Waals surface area contributed by atoms with Crippen LogP contribution in [-0.2, 0) is 11.4 Å². The van der Waals surface area contributed by atoms with E-state index in [0.717, 1.165) is 21.3 Å². The Morgan fingerprint density at radius 3 is 2.50 bits per heavy atom. The summed E-state index contributed by atoms with van der Waals surface area (Å²) in [6, 6.07) is 15.7. The number of likely N-dealkylation sites (N-methyl/N-ethyl adjacent to an activating group) is 2. The minimum Gasteiger partial charge on any atom is -0.488 e. The van der Waals surface area contributed by atoms with E-state index >= 15 is 0 Å². The van der Waals surface area contributed by atoms with Crippen molar-refractivity contribution in [3.8, 4) is 5.75 Å². The van der Waals surface area contributed by atoms with Crippen LogP contribution in [0.15, 0.2) is 58.7 Å². The molecule has 1 amide bonds. The van der Waals surface area contributed by atoms with Crippen molar-refractivity contribution >= 4 is 45.2 Å². The second kappa shape index (κ2) is 8.01. The summed E-state index contributed by atoms with van der Waals surface area (Å²) >= 11 is 8.78. The van der Waals surface area contributed by atoms with E-state index in [0.29, 0.717) is 24.0 Å². The Bertz CT molecular complexity index is 864. The number of thiocarbonyl (C=S) groups is 1. The predicted molar refractivity (Wildman–Crippen MR) is 111 cm³/mol. The van der Waals surface area contributed by atoms with Crippen molar-refractivity contribution in [3.05, 3.63) is 69.8 Å². The van der Waals surface area contributed by atoms with Gasteiger partial charge in [0.25, 0.3) is 5.91 Å². The van der Waals surface area contributed by atoms with Gasteiger partial charge in [0.05, 0.1) is 0 Å². The summed E-state index contributed by atoms with van der Waals surface area (Å²) < 4.78 is 7.02. The van der Waals surface area contributed by atoms with E-state index in [4.69, 9.17) is 17.0 Å². The predicted octanol–water partition coefficient (Wildman–Crippen LogP) is 4.45. The van der Waals surface area contributed by atoms with Crippen LogP contribution in [0.1, 0.15) is 18.1 Å². The van der Waals surface area contributed by atoms with Gasteiger partial charge in [-0.1, -0.05) is 46.3 Å². The highest BCUT2D eigenvalue weighted by Gasteiger charge is 2.34. The maximum atomic E-state index is 12.6. The summed E-state index contributed by atoms with van der Waals surface area (Å²) in [7, 11) is 1.81. The van der Waals surface area contributed by atoms with Gasteiger partial charge in [0.15, 0.2) is 5.11 Å². The molecule has 1 fully saturated rings. The maximum Gasteiger partial charge on any atom is 0.276 e. The number of para-hydroxylation sites is 1. The van der Waals surface area contributed by atoms with Crippen LogP contribution in [-0.4, -0.2) is 34.4 Å². The lowest BCUT2D eigenvalue weighted by Crippen LogP contribution is -2.30. The number of ether oxygens (including phenoxy) is 1. The van der Waals surface area contributed by atoms with Crippen molar-refractivity contribution in [3.63, 3.8) is 0 Å². The molecule has 0 atom stereocenters. The SMILES string of the molecule is CCN1C(=O)C(=Cc2ccccc2OCc2ccc(Br)cc2)N(C)C1=S. The fraction of sp³-hybridized carbons (Fsp3) is 0.200. The second-order valence-corrected chi connectivity index (χ2v) is 7.15. The summed E-state index contributed by atoms with van der Waals surface area (Å²) in [6.07, 6.45) is 1.83. The molecule has 2 aromatic rings. The van der Waals surface area contributed by atoms with Crippen LogP contribution in [0.3, 0.4) is 0 Å². The Hall–Kier alpha value is -2.18. The van der Waals surface area contributed by atoms with Gasteiger partial charge in [0, 0.05) is 23.6 Å². The van der Waals surface area contributed by atoms with E-state index in [9.17, 15) is 4.79 Å². The molecule has 6 heteroatoms. The Morgan fingerprint density at radius 2 is 1.85 bits per heavy atom. The number of carbonyl (C=O) groups excluding carboxylic acids is 1. The molecule has 26 heavy (non-hydrogen) atoms. The van der Waals surface area contributed by atoms with Crippen molar-refractivity contribution in [2.45, 2.75) is 13.5 Å². The molecule has 0 unspecified atom stereocenters. The molecule has 2 aromatic carbocycles. The number of halogens is 1. The third kappa shape index (κ3) is 3.81. The highest BCUT2D eigenvalue weighted by atomic mass is 79.9. The topological polar surface area (TPSA) is 32.8 Å². The molecule has 0 N–H and O–H groups in total. The summed E-state index contributed by atoms with van der Waals surface area (Å²) in [5, 5.41) is 0.525. The van der Waals surface area contributed by atoms with E-state index in [1.807, 2.05) is 68.6 Å². The number of hydrogen-bond acceptors (Lipinski definition) is 3. The minimum absolute atomic E-state index is 0.0808. The van der Waals surface area contributed by atoms with Crippen LogP contribution in [0.2, 0.25) is 0 Å². The van der Waals surface area contributed by atoms with Gasteiger partial charge in [-0.15, -0.1) is 0 Å². The van der Waals surface area contributed by atoms with Crippen LogP contribution in [0.4, 0.5) is 0 Å². The Morgan fingerprint density at radius 1 is 1.15 bits per heavy atom. The van der Waals surface area contributed by atoms with Crippen LogP contribution < -0.4 is 4.74 Å². The zero-order chi connectivity index (χ0) is 18.7. The van der Waals surface area contributed by atoms with Gasteiger partial charge in [-0.2, -0.15) is 0 Å². The Labute approximate surface area is 167 Å². The number of amides is 1. The monoisotopic (exact) mass is 430 g/mol. The van der Waals surface area contributed by atoms with Gasteiger partial charge in [0.2, 0.25) is 0 Å². The molecule has 0 radical (unpaired) electrons. The lowest BCUT2D eigenvalue weighted by molar-refractivity contribution is -0.122. The van der Waals surface area contributed by atoms with Gasteiger partial charge in [-0.25, -0.2) is 0 Å². The van der Waals surface area contributed by atoms with Gasteiger partial charge in [-0.05, 0) is 49.0 Å². The minimum atomic E-state index is -0.0808. The zero-order valence-electron chi connectivity index (χ0n) is 14.6. The maximum absolute atomic E-state index is 12.6. The van der Waals surface area contributed by atoms with Crippen molar-refractivity contribution in [1.29, 1.82) is 0 Å². The summed E-state index contributed by atoms with van der Waals surface area (Å²) in [4.78, 5) is 15.9. The zero-order valence-corrected chi connectivity index (χ0v) is 17.0. The molecule has 4 nitrogen and oxygen atoms in total. The molecule has 1 aliphatic rings. The Balaban J connectivity index is 1.84. The molecule has 0 bridgehead atoms. The molecular formula is C20H19BrN2O2S. The summed E-state index contributed by atoms with van der Waals surface area (Å²) in [5.41, 5.74) is 2.47. The first-order chi connectivity index (χ1) is 12.5. The van der Waals surface area contributed by atoms with Crippen molar-refractivity contribution in [2.24, 2.45) is 0 Å². The normalized spacial score (nSPS) is 15.9. The average Bonchev–Trinajstić information content (AvgIpc) is 2.85. The molecule has 0 aromatic heterocycles. The van der Waals surface area contributed by atoms with Gasteiger partial charge in [-0.3, -0.25) is 9.69 Å². The van der Waals surface area contributed by atoms with Gasteiger partial charge >= 0.3 is 0 Å². The molecule has 0 aliphatic carbocycles. The Kier molecular flexibility index (Phi) is 5.74. The highest BCUT2D eigenvalue weighted by molar-refractivity contribution is 9.10. The first-order valence-corrected chi connectivity index (χ1v) is 9.49. The fourth-order valence-corrected chi connectivity index (χ4v) is 3.29. The van der Waals surface area contributed by atoms with E-state index < -0.39 is 0 Å². The smallest absolute Gasteiger partial charge is 0.276 e. The lowest BCUT2D eigenvalue weighted by atomic mass is 10.1. The molecule has 0 saturated carbocycles. The lowest BCUT2D eigenvalue weighted by Gasteiger charge is -2.14. The third-order valence-corrected chi connectivity index (χ3v) is 5.20. The third-order valence-electron chi connectivity index (χ3n) is 4.18. The quantitative estimate of drug-likeness (QED) is 0.518. The molecule has 3 rings (SSSR count). The second-order valence-electron chi connectivity index (χ2n) is 5.87. The molecule has 1 aliphatic heterocycles. The van der Waals surface area contributed by atoms with E-state index in [1.165, 1.54) is 0 Å². The van der Waals surface area contributed by atoms with Crippen molar-refractivity contribution < 1.29 is 9.53 Å². The number of nitrogens with zero attached hydrogens (tertiary/aromatic N) is 2. The first-order valence-electron chi connectivity index (χ1n) is 8.28. The largest absolute Gasteiger partial charge is 0.488 e. The molecule has 134 valence electrons. The van der Waals surface area contributed by atoms with E-state index in [2.05, 4.69) is 15.9 Å². The van der Waals surface area contributed by atoms with Crippen LogP contribution in [0.25, 0.3) is 6.08 Å². The molecular weight excluding hydrogens is 412 g/mol. The standard InChI is InChI=1S/C20H19BrN2O2S/c1-3-23-19(24)17(22(2)20(23)26)12-15-6-4-5-7-18(15)25-13-14-8-10-16(21)11-9-14/h4-12H,3,13H2,1-2H3. The molecule has 0 spiro atoms. The van der Waals surface area contributed by atoms with E-state index in [-0.39, 0.29) is 5.91 Å². The highest BCUT2D eigenvalue weighted by Crippen LogP contribution is 2.27. The summed E-state index contributed by atoms with van der Waals surface area (Å²) in [5.74, 6) is 0.646. The number of rotatable bonds is 5. The molecule has 1 heterocycles. The van der Waals surface area contributed by atoms with Crippen molar-refractivity contribution in [2.75, 3.05) is 13.6 Å². The van der Waals surface area contributed by atoms with Crippen molar-refractivity contribution in [1.82, 2.24) is 9.80 Å². The first kappa shape index (κ1) is 18.6. The van der Waals surface area contributed by atoms with Crippen LogP contribution >= 0.6 is 28.1 Å². The number of carbonyl (C=O) groups is 1. The van der Waals surface area contributed by atoms with Gasteiger partial charge in [0.1, 0.15) is 18.1 Å². The average molecular weight is 431 g/mol.